The zero-order valence-electron chi connectivity index (χ0n) is 17.9. The first-order chi connectivity index (χ1) is 16.0. The third-order valence-corrected chi connectivity index (χ3v) is 6.19. The van der Waals surface area contributed by atoms with Gasteiger partial charge in [0.15, 0.2) is 11.6 Å². The third kappa shape index (κ3) is 5.03. The van der Waals surface area contributed by atoms with Crippen molar-refractivity contribution in [2.24, 2.45) is 0 Å². The van der Waals surface area contributed by atoms with Gasteiger partial charge in [0.05, 0.1) is 11.3 Å². The van der Waals surface area contributed by atoms with Crippen LogP contribution in [0.5, 0.6) is 5.75 Å². The van der Waals surface area contributed by atoms with E-state index in [0.717, 1.165) is 5.56 Å². The maximum atomic E-state index is 14.9. The molecule has 4 nitrogen and oxygen atoms in total. The molecule has 0 radical (unpaired) electrons. The molecular weight excluding hydrogens is 490 g/mol. The minimum absolute atomic E-state index is 0.00890. The zero-order chi connectivity index (χ0) is 23.4. The van der Waals surface area contributed by atoms with E-state index in [-0.39, 0.29) is 42.5 Å². The predicted octanol–water partition coefficient (Wildman–Crippen LogP) is 6.08. The van der Waals surface area contributed by atoms with Crippen molar-refractivity contribution in [3.05, 3.63) is 116 Å². The van der Waals surface area contributed by atoms with Crippen LogP contribution in [-0.4, -0.2) is 9.55 Å². The highest BCUT2D eigenvalue weighted by Gasteiger charge is 2.20. The number of halogens is 3. The molecule has 7 heteroatoms. The van der Waals surface area contributed by atoms with Gasteiger partial charge in [-0.25, -0.2) is 13.8 Å². The summed E-state index contributed by atoms with van der Waals surface area (Å²) >= 11 is 3.30. The summed E-state index contributed by atoms with van der Waals surface area (Å²) in [5, 5.41) is 0. The van der Waals surface area contributed by atoms with Crippen molar-refractivity contribution in [2.45, 2.75) is 26.5 Å². The molecule has 0 unspecified atom stereocenters. The molecule has 0 atom stereocenters. The van der Waals surface area contributed by atoms with Crippen LogP contribution in [0.25, 0.3) is 11.4 Å². The Morgan fingerprint density at radius 2 is 1.64 bits per heavy atom. The predicted molar refractivity (Wildman–Crippen MR) is 127 cm³/mol. The molecule has 33 heavy (non-hydrogen) atoms. The Balaban J connectivity index is 1.76. The maximum absolute atomic E-state index is 14.9. The summed E-state index contributed by atoms with van der Waals surface area (Å²) in [6.45, 7) is 2.01. The summed E-state index contributed by atoms with van der Waals surface area (Å²) in [4.78, 5) is 17.7. The van der Waals surface area contributed by atoms with Crippen LogP contribution in [0.15, 0.2) is 82.1 Å². The normalized spacial score (nSPS) is 10.9. The monoisotopic (exact) mass is 510 g/mol. The summed E-state index contributed by atoms with van der Waals surface area (Å²) in [7, 11) is 0. The van der Waals surface area contributed by atoms with Crippen LogP contribution in [0.1, 0.15) is 16.8 Å². The highest BCUT2D eigenvalue weighted by Crippen LogP contribution is 2.32. The highest BCUT2D eigenvalue weighted by atomic mass is 79.9. The molecule has 0 saturated carbocycles. The lowest BCUT2D eigenvalue weighted by atomic mass is 10.1. The van der Waals surface area contributed by atoms with Gasteiger partial charge in [0.1, 0.15) is 22.7 Å². The minimum atomic E-state index is -0.557. The van der Waals surface area contributed by atoms with Gasteiger partial charge in [-0.15, -0.1) is 0 Å². The van der Waals surface area contributed by atoms with E-state index < -0.39 is 5.82 Å². The summed E-state index contributed by atoms with van der Waals surface area (Å²) in [6, 6.07) is 20.3. The number of para-hydroxylation sites is 1. The average molecular weight is 511 g/mol. The Morgan fingerprint density at radius 3 is 2.39 bits per heavy atom. The number of hydrogen-bond acceptors (Lipinski definition) is 3. The van der Waals surface area contributed by atoms with Gasteiger partial charge in [-0.2, -0.15) is 0 Å². The van der Waals surface area contributed by atoms with Crippen LogP contribution in [0.4, 0.5) is 8.78 Å². The van der Waals surface area contributed by atoms with Crippen LogP contribution in [0, 0.1) is 18.6 Å². The van der Waals surface area contributed by atoms with Crippen molar-refractivity contribution < 1.29 is 13.5 Å². The number of aryl methyl sites for hydroxylation is 2. The van der Waals surface area contributed by atoms with E-state index in [2.05, 4.69) is 20.9 Å². The maximum Gasteiger partial charge on any atom is 0.268 e. The third-order valence-electron chi connectivity index (χ3n) is 5.28. The summed E-state index contributed by atoms with van der Waals surface area (Å²) < 4.78 is 36.6. The first-order valence-corrected chi connectivity index (χ1v) is 11.2. The molecule has 0 N–H and O–H groups in total. The van der Waals surface area contributed by atoms with Crippen LogP contribution >= 0.6 is 15.9 Å². The Labute approximate surface area is 198 Å². The number of ether oxygens (including phenoxy) is 1. The Hall–Kier alpha value is -3.32. The SMILES string of the molecule is Cc1nc(-c2cccc(F)c2OCc2ccccc2)n(CCc2ccccc2F)c(=O)c1Br. The lowest BCUT2D eigenvalue weighted by Gasteiger charge is -2.18. The average Bonchev–Trinajstić information content (AvgIpc) is 2.82. The van der Waals surface area contributed by atoms with E-state index in [4.69, 9.17) is 4.74 Å². The molecule has 4 aromatic rings. The van der Waals surface area contributed by atoms with E-state index in [0.29, 0.717) is 21.3 Å². The standard InChI is InChI=1S/C26H21BrF2N2O2/c1-17-23(27)26(32)31(15-14-19-10-5-6-12-21(19)28)25(30-17)20-11-7-13-22(29)24(20)33-16-18-8-3-2-4-9-18/h2-13H,14-16H2,1H3. The fourth-order valence-electron chi connectivity index (χ4n) is 3.55. The Kier molecular flexibility index (Phi) is 6.99. The van der Waals surface area contributed by atoms with Crippen LogP contribution < -0.4 is 10.3 Å². The molecule has 4 rings (SSSR count). The molecule has 0 saturated heterocycles. The smallest absolute Gasteiger partial charge is 0.268 e. The van der Waals surface area contributed by atoms with E-state index in [1.54, 1.807) is 37.3 Å². The largest absolute Gasteiger partial charge is 0.485 e. The number of hydrogen-bond donors (Lipinski definition) is 0. The van der Waals surface area contributed by atoms with Gasteiger partial charge >= 0.3 is 0 Å². The van der Waals surface area contributed by atoms with Gasteiger partial charge in [0, 0.05) is 6.54 Å². The van der Waals surface area contributed by atoms with Crippen LogP contribution in [0.2, 0.25) is 0 Å². The van der Waals surface area contributed by atoms with Gasteiger partial charge < -0.3 is 4.74 Å². The van der Waals surface area contributed by atoms with Crippen molar-refractivity contribution in [2.75, 3.05) is 0 Å². The molecule has 0 aliphatic heterocycles. The van der Waals surface area contributed by atoms with E-state index in [1.165, 1.54) is 16.7 Å². The molecule has 0 spiro atoms. The molecule has 168 valence electrons. The van der Waals surface area contributed by atoms with E-state index >= 15 is 0 Å². The molecule has 1 aromatic heterocycles. The molecule has 0 aliphatic carbocycles. The van der Waals surface area contributed by atoms with E-state index in [1.807, 2.05) is 30.3 Å². The molecule has 0 amide bonds. The highest BCUT2D eigenvalue weighted by molar-refractivity contribution is 9.10. The summed E-state index contributed by atoms with van der Waals surface area (Å²) in [5.74, 6) is -0.628. The van der Waals surface area contributed by atoms with Gasteiger partial charge in [-0.1, -0.05) is 54.6 Å². The molecule has 1 heterocycles. The van der Waals surface area contributed by atoms with Gasteiger partial charge in [0.2, 0.25) is 0 Å². The summed E-state index contributed by atoms with van der Waals surface area (Å²) in [5.41, 5.74) is 1.85. The van der Waals surface area contributed by atoms with Gasteiger partial charge in [-0.3, -0.25) is 9.36 Å². The lowest BCUT2D eigenvalue weighted by Crippen LogP contribution is -2.26. The first kappa shape index (κ1) is 22.9. The minimum Gasteiger partial charge on any atom is -0.485 e. The van der Waals surface area contributed by atoms with Crippen LogP contribution in [0.3, 0.4) is 0 Å². The zero-order valence-corrected chi connectivity index (χ0v) is 19.5. The van der Waals surface area contributed by atoms with Crippen molar-refractivity contribution in [1.82, 2.24) is 9.55 Å². The number of rotatable bonds is 7. The number of aromatic nitrogens is 2. The molecule has 0 fully saturated rings. The van der Waals surface area contributed by atoms with Crippen LogP contribution in [-0.2, 0) is 19.6 Å². The topological polar surface area (TPSA) is 44.1 Å². The molecule has 3 aromatic carbocycles. The molecule has 0 bridgehead atoms. The molecular formula is C26H21BrF2N2O2. The number of nitrogens with zero attached hydrogens (tertiary/aromatic N) is 2. The second-order valence-corrected chi connectivity index (χ2v) is 8.32. The Bertz CT molecular complexity index is 1340. The van der Waals surface area contributed by atoms with Gasteiger partial charge in [0.25, 0.3) is 5.56 Å². The van der Waals surface area contributed by atoms with Gasteiger partial charge in [-0.05, 0) is 58.6 Å². The quantitative estimate of drug-likeness (QED) is 0.302. The number of benzene rings is 3. The fraction of sp³-hybridized carbons (Fsp3) is 0.154. The summed E-state index contributed by atoms with van der Waals surface area (Å²) in [6.07, 6.45) is 0.270. The Morgan fingerprint density at radius 1 is 0.939 bits per heavy atom. The van der Waals surface area contributed by atoms with Crippen molar-refractivity contribution >= 4 is 15.9 Å². The fourth-order valence-corrected chi connectivity index (χ4v) is 3.85. The molecule has 0 aliphatic rings. The lowest BCUT2D eigenvalue weighted by molar-refractivity contribution is 0.291. The second kappa shape index (κ2) is 10.1. The second-order valence-electron chi connectivity index (χ2n) is 7.52. The van der Waals surface area contributed by atoms with Crippen molar-refractivity contribution in [3.8, 4) is 17.1 Å². The van der Waals surface area contributed by atoms with Crippen molar-refractivity contribution in [3.63, 3.8) is 0 Å². The first-order valence-electron chi connectivity index (χ1n) is 10.4. The van der Waals surface area contributed by atoms with Crippen molar-refractivity contribution in [1.29, 1.82) is 0 Å². The van der Waals surface area contributed by atoms with E-state index in [9.17, 15) is 13.6 Å².